The zero-order chi connectivity index (χ0) is 31.9. The van der Waals surface area contributed by atoms with E-state index in [4.69, 9.17) is 19.9 Å². The topological polar surface area (TPSA) is 128 Å². The van der Waals surface area contributed by atoms with Gasteiger partial charge in [0.15, 0.2) is 23.3 Å². The third-order valence-corrected chi connectivity index (χ3v) is 11.5. The Morgan fingerprint density at radius 1 is 1.16 bits per heavy atom. The fourth-order valence-corrected chi connectivity index (χ4v) is 9.32. The molecule has 5 aliphatic rings. The van der Waals surface area contributed by atoms with Crippen LogP contribution in [0.2, 0.25) is 0 Å². The lowest BCUT2D eigenvalue weighted by Crippen LogP contribution is -2.69. The Morgan fingerprint density at radius 3 is 2.62 bits per heavy atom. The van der Waals surface area contributed by atoms with Gasteiger partial charge in [-0.15, -0.1) is 0 Å². The number of esters is 1. The molecule has 0 radical (unpaired) electrons. The van der Waals surface area contributed by atoms with E-state index in [9.17, 15) is 19.8 Å². The molecular formula is C36H38FNO7. The molecule has 45 heavy (non-hydrogen) atoms. The second-order valence-electron chi connectivity index (χ2n) is 13.6. The number of hydrogen-bond donors (Lipinski definition) is 3. The highest BCUT2D eigenvalue weighted by Crippen LogP contribution is 2.72. The van der Waals surface area contributed by atoms with Gasteiger partial charge < -0.3 is 30.2 Å². The fourth-order valence-electron chi connectivity index (χ4n) is 9.32. The summed E-state index contributed by atoms with van der Waals surface area (Å²) in [5.74, 6) is -1.69. The number of nitrogen functional groups attached to an aromatic ring is 1. The van der Waals surface area contributed by atoms with Crippen molar-refractivity contribution < 1.29 is 38.4 Å². The van der Waals surface area contributed by atoms with Crippen LogP contribution in [-0.4, -0.2) is 52.1 Å². The van der Waals surface area contributed by atoms with Crippen LogP contribution < -0.4 is 10.5 Å². The van der Waals surface area contributed by atoms with E-state index in [2.05, 4.69) is 6.58 Å². The lowest BCUT2D eigenvalue weighted by Gasteiger charge is -2.62. The maximum Gasteiger partial charge on any atom is 0.343 e. The van der Waals surface area contributed by atoms with Gasteiger partial charge in [0.05, 0.1) is 17.8 Å². The molecule has 7 rings (SSSR count). The first-order chi connectivity index (χ1) is 21.4. The Hall–Kier alpha value is -3.63. The van der Waals surface area contributed by atoms with Gasteiger partial charge in [-0.1, -0.05) is 55.5 Å². The first-order valence-electron chi connectivity index (χ1n) is 15.5. The summed E-state index contributed by atoms with van der Waals surface area (Å²) in [5.41, 5.74) is 3.27. The second-order valence-corrected chi connectivity index (χ2v) is 13.6. The standard InChI is InChI=1S/C36H38FNO7/c1-20-13-14-33(2)23(15-20)11-12-26-27-17-30-36(29(41)19-39,34(27,3)18-28(40)35(26,33)37)45-32(44-30)22-9-7-21(8-10-22)31(42)43-25-6-4-5-24(38)16-25/h4-10,13-16,26-28,30,32,39-40H,1,11-12,17-19,38H2,2-3H3/t26-,27-,28-,30+,32-,33-,34-,35-,36+/m0/s1. The van der Waals surface area contributed by atoms with Crippen LogP contribution >= 0.6 is 0 Å². The summed E-state index contributed by atoms with van der Waals surface area (Å²) in [7, 11) is 0. The molecule has 1 heterocycles. The number of Topliss-reactive ketones (excluding diaryl/α,β-unsaturated/α-hetero) is 1. The summed E-state index contributed by atoms with van der Waals surface area (Å²) < 4.78 is 36.0. The van der Waals surface area contributed by atoms with Crippen molar-refractivity contribution in [3.63, 3.8) is 0 Å². The molecule has 1 aliphatic heterocycles. The molecular weight excluding hydrogens is 577 g/mol. The van der Waals surface area contributed by atoms with Crippen LogP contribution in [0.1, 0.15) is 61.7 Å². The van der Waals surface area contributed by atoms with E-state index < -0.39 is 64.9 Å². The minimum absolute atomic E-state index is 0.0323. The molecule has 0 spiro atoms. The number of benzene rings is 2. The molecule has 0 aromatic heterocycles. The number of carbonyl (C=O) groups is 2. The molecule has 0 amide bonds. The molecule has 0 unspecified atom stereocenters. The molecule has 236 valence electrons. The van der Waals surface area contributed by atoms with Crippen LogP contribution in [0.3, 0.4) is 0 Å². The summed E-state index contributed by atoms with van der Waals surface area (Å²) in [6.45, 7) is 6.97. The van der Waals surface area contributed by atoms with Crippen LogP contribution in [0.15, 0.2) is 84.5 Å². The average Bonchev–Trinajstić information content (AvgIpc) is 3.51. The number of allylic oxidation sites excluding steroid dienone is 5. The third kappa shape index (κ3) is 4.03. The molecule has 3 saturated carbocycles. The van der Waals surface area contributed by atoms with Crippen molar-refractivity contribution >= 4 is 17.4 Å². The highest BCUT2D eigenvalue weighted by Gasteiger charge is 2.79. The minimum atomic E-state index is -1.96. The number of halogens is 1. The van der Waals surface area contributed by atoms with E-state index >= 15 is 4.39 Å². The second kappa shape index (κ2) is 10.2. The van der Waals surface area contributed by atoms with E-state index in [1.54, 1.807) is 48.5 Å². The van der Waals surface area contributed by atoms with Crippen molar-refractivity contribution in [2.24, 2.45) is 22.7 Å². The molecule has 9 atom stereocenters. The van der Waals surface area contributed by atoms with Crippen molar-refractivity contribution in [2.45, 2.75) is 69.3 Å². The van der Waals surface area contributed by atoms with Gasteiger partial charge in [0, 0.05) is 34.1 Å². The molecule has 4 N–H and O–H groups in total. The molecule has 9 heteroatoms. The number of ketones is 1. The highest BCUT2D eigenvalue weighted by molar-refractivity contribution is 5.92. The average molecular weight is 616 g/mol. The number of carbonyl (C=O) groups excluding carboxylic acids is 2. The van der Waals surface area contributed by atoms with Gasteiger partial charge in [0.2, 0.25) is 0 Å². The van der Waals surface area contributed by atoms with E-state index in [-0.39, 0.29) is 12.3 Å². The van der Waals surface area contributed by atoms with Gasteiger partial charge >= 0.3 is 5.97 Å². The predicted octanol–water partition coefficient (Wildman–Crippen LogP) is 5.17. The number of aliphatic hydroxyl groups excluding tert-OH is 2. The van der Waals surface area contributed by atoms with Crippen LogP contribution in [-0.2, 0) is 14.3 Å². The summed E-state index contributed by atoms with van der Waals surface area (Å²) in [6.07, 6.45) is 3.93. The first-order valence-corrected chi connectivity index (χ1v) is 15.5. The third-order valence-electron chi connectivity index (χ3n) is 11.5. The predicted molar refractivity (Wildman–Crippen MR) is 164 cm³/mol. The summed E-state index contributed by atoms with van der Waals surface area (Å²) in [5, 5.41) is 21.9. The summed E-state index contributed by atoms with van der Waals surface area (Å²) in [4.78, 5) is 26.5. The Kier molecular flexibility index (Phi) is 6.80. The zero-order valence-electron chi connectivity index (χ0n) is 25.4. The SMILES string of the molecule is C=C1C=C[C@@]2(C)C(=C1)CC[C@H]1[C@@H]3C[C@H]4O[C@H](c5ccc(C(=O)Oc6cccc(N)c6)cc5)O[C@@]4(C(=O)CO)[C@@]3(C)C[C@H](O)[C@@]12F. The fraction of sp³-hybridized carbons (Fsp3) is 0.444. The van der Waals surface area contributed by atoms with Gasteiger partial charge in [-0.2, -0.15) is 0 Å². The van der Waals surface area contributed by atoms with Crippen molar-refractivity contribution in [3.8, 4) is 5.75 Å². The van der Waals surface area contributed by atoms with E-state index in [0.29, 0.717) is 41.8 Å². The lowest BCUT2D eigenvalue weighted by atomic mass is 9.44. The minimum Gasteiger partial charge on any atom is -0.423 e. The monoisotopic (exact) mass is 615 g/mol. The Morgan fingerprint density at radius 2 is 1.91 bits per heavy atom. The molecule has 4 fully saturated rings. The number of ether oxygens (including phenoxy) is 3. The van der Waals surface area contributed by atoms with Crippen LogP contribution in [0.25, 0.3) is 0 Å². The summed E-state index contributed by atoms with van der Waals surface area (Å²) >= 11 is 0. The maximum atomic E-state index is 17.6. The maximum absolute atomic E-state index is 17.6. The van der Waals surface area contributed by atoms with Crippen LogP contribution in [0.4, 0.5) is 10.1 Å². The molecule has 2 aromatic rings. The van der Waals surface area contributed by atoms with Gasteiger partial charge in [-0.25, -0.2) is 9.18 Å². The lowest BCUT2D eigenvalue weighted by molar-refractivity contribution is -0.231. The van der Waals surface area contributed by atoms with Crippen LogP contribution in [0, 0.1) is 22.7 Å². The van der Waals surface area contributed by atoms with Crippen molar-refractivity contribution in [2.75, 3.05) is 12.3 Å². The number of hydrogen-bond acceptors (Lipinski definition) is 8. The van der Waals surface area contributed by atoms with Gasteiger partial charge in [-0.3, -0.25) is 4.79 Å². The highest BCUT2D eigenvalue weighted by atomic mass is 19.1. The van der Waals surface area contributed by atoms with Crippen molar-refractivity contribution in [1.82, 2.24) is 0 Å². The normalized spacial score (nSPS) is 39.7. The Bertz CT molecular complexity index is 1650. The summed E-state index contributed by atoms with van der Waals surface area (Å²) in [6, 6.07) is 13.1. The first kappa shape index (κ1) is 30.0. The van der Waals surface area contributed by atoms with E-state index in [1.165, 1.54) is 0 Å². The van der Waals surface area contributed by atoms with Gasteiger partial charge in [0.1, 0.15) is 12.4 Å². The molecule has 0 bridgehead atoms. The molecule has 8 nitrogen and oxygen atoms in total. The van der Waals surface area contributed by atoms with E-state index in [0.717, 1.165) is 11.1 Å². The van der Waals surface area contributed by atoms with Gasteiger partial charge in [-0.05, 0) is 68.4 Å². The number of aliphatic hydroxyl groups is 2. The van der Waals surface area contributed by atoms with Crippen molar-refractivity contribution in [1.29, 1.82) is 0 Å². The number of alkyl halides is 1. The number of fused-ring (bicyclic) bond motifs is 7. The molecule has 1 saturated heterocycles. The Labute approximate surface area is 261 Å². The number of rotatable bonds is 5. The Balaban J connectivity index is 1.17. The molecule has 4 aliphatic carbocycles. The zero-order valence-corrected chi connectivity index (χ0v) is 25.4. The van der Waals surface area contributed by atoms with Gasteiger partial charge in [0.25, 0.3) is 0 Å². The van der Waals surface area contributed by atoms with E-state index in [1.807, 2.05) is 32.1 Å². The number of anilines is 1. The van der Waals surface area contributed by atoms with Crippen molar-refractivity contribution in [3.05, 3.63) is 95.6 Å². The quantitative estimate of drug-likeness (QED) is 0.239. The molecule has 2 aromatic carbocycles. The smallest absolute Gasteiger partial charge is 0.343 e. The number of nitrogens with two attached hydrogens (primary N) is 1. The largest absolute Gasteiger partial charge is 0.423 e. The van der Waals surface area contributed by atoms with Crippen LogP contribution in [0.5, 0.6) is 5.75 Å².